The van der Waals surface area contributed by atoms with Gasteiger partial charge in [-0.3, -0.25) is 4.72 Å². The number of sulfonamides is 1. The standard InChI is InChI=1S/C16H23NO3S/c1-13-8-9-14(7-5-6-10-18)15(11-13)17-21(19,20)12-16(2,3)4/h8-9,11,17-18H,6,10,12H2,1-4H3. The van der Waals surface area contributed by atoms with Crippen molar-refractivity contribution < 1.29 is 13.5 Å². The molecule has 0 aliphatic carbocycles. The van der Waals surface area contributed by atoms with Gasteiger partial charge in [-0.05, 0) is 30.0 Å². The smallest absolute Gasteiger partial charge is 0.233 e. The Hall–Kier alpha value is -1.51. The summed E-state index contributed by atoms with van der Waals surface area (Å²) in [5, 5.41) is 8.76. The minimum absolute atomic E-state index is 0.00997. The molecule has 1 rings (SSSR count). The normalized spacial score (nSPS) is 11.7. The highest BCUT2D eigenvalue weighted by molar-refractivity contribution is 7.92. The van der Waals surface area contributed by atoms with Crippen LogP contribution in [0.5, 0.6) is 0 Å². The van der Waals surface area contributed by atoms with Gasteiger partial charge in [0.1, 0.15) is 0 Å². The van der Waals surface area contributed by atoms with E-state index < -0.39 is 10.0 Å². The predicted molar refractivity (Wildman–Crippen MR) is 86.6 cm³/mol. The third-order valence-electron chi connectivity index (χ3n) is 2.52. The second-order valence-corrected chi connectivity index (χ2v) is 7.97. The molecule has 0 aliphatic heterocycles. The summed E-state index contributed by atoms with van der Waals surface area (Å²) in [4.78, 5) is 0. The lowest BCUT2D eigenvalue weighted by Crippen LogP contribution is -2.26. The molecule has 0 aromatic heterocycles. The fourth-order valence-electron chi connectivity index (χ4n) is 1.84. The van der Waals surface area contributed by atoms with Crippen LogP contribution in [-0.2, 0) is 10.0 Å². The molecule has 5 heteroatoms. The number of aliphatic hydroxyl groups is 1. The Bertz CT molecular complexity index is 646. The molecule has 0 spiro atoms. The number of rotatable bonds is 4. The summed E-state index contributed by atoms with van der Waals surface area (Å²) >= 11 is 0. The number of aliphatic hydroxyl groups excluding tert-OH is 1. The molecule has 0 fully saturated rings. The zero-order chi connectivity index (χ0) is 16.1. The summed E-state index contributed by atoms with van der Waals surface area (Å²) in [6.07, 6.45) is 0.363. The maximum Gasteiger partial charge on any atom is 0.233 e. The van der Waals surface area contributed by atoms with E-state index in [4.69, 9.17) is 5.11 Å². The first-order chi connectivity index (χ1) is 9.63. The molecule has 0 saturated heterocycles. The molecule has 0 amide bonds. The summed E-state index contributed by atoms with van der Waals surface area (Å²) in [7, 11) is -3.43. The zero-order valence-electron chi connectivity index (χ0n) is 13.0. The molecule has 2 N–H and O–H groups in total. The summed E-state index contributed by atoms with van der Waals surface area (Å²) in [5.74, 6) is 5.74. The summed E-state index contributed by atoms with van der Waals surface area (Å²) in [6.45, 7) is 7.52. The third kappa shape index (κ3) is 6.65. The molecule has 0 aliphatic rings. The first-order valence-electron chi connectivity index (χ1n) is 6.84. The van der Waals surface area contributed by atoms with Crippen molar-refractivity contribution in [1.82, 2.24) is 0 Å². The van der Waals surface area contributed by atoms with Crippen molar-refractivity contribution in [2.24, 2.45) is 5.41 Å². The summed E-state index contributed by atoms with van der Waals surface area (Å²) in [6, 6.07) is 5.43. The molecular weight excluding hydrogens is 286 g/mol. The average molecular weight is 309 g/mol. The van der Waals surface area contributed by atoms with Gasteiger partial charge in [-0.2, -0.15) is 0 Å². The van der Waals surface area contributed by atoms with E-state index in [-0.39, 0.29) is 17.8 Å². The quantitative estimate of drug-likeness (QED) is 0.840. The number of nitrogens with one attached hydrogen (secondary N) is 1. The van der Waals surface area contributed by atoms with Gasteiger partial charge in [0.05, 0.1) is 18.0 Å². The molecule has 21 heavy (non-hydrogen) atoms. The Balaban J connectivity index is 3.07. The second kappa shape index (κ2) is 6.97. The van der Waals surface area contributed by atoms with Crippen molar-refractivity contribution in [3.8, 4) is 11.8 Å². The minimum atomic E-state index is -3.43. The van der Waals surface area contributed by atoms with Gasteiger partial charge in [-0.25, -0.2) is 8.42 Å². The van der Waals surface area contributed by atoms with Gasteiger partial charge in [0.15, 0.2) is 0 Å². The van der Waals surface area contributed by atoms with E-state index in [1.807, 2.05) is 33.8 Å². The third-order valence-corrected chi connectivity index (χ3v) is 4.30. The van der Waals surface area contributed by atoms with E-state index in [0.717, 1.165) is 5.56 Å². The van der Waals surface area contributed by atoms with Crippen LogP contribution in [0.2, 0.25) is 0 Å². The predicted octanol–water partition coefficient (Wildman–Crippen LogP) is 2.52. The van der Waals surface area contributed by atoms with E-state index in [1.54, 1.807) is 12.1 Å². The van der Waals surface area contributed by atoms with Crippen LogP contribution in [-0.4, -0.2) is 25.9 Å². The molecule has 0 heterocycles. The monoisotopic (exact) mass is 309 g/mol. The highest BCUT2D eigenvalue weighted by atomic mass is 32.2. The molecule has 0 saturated carbocycles. The molecule has 0 radical (unpaired) electrons. The fraction of sp³-hybridized carbons (Fsp3) is 0.500. The first kappa shape index (κ1) is 17.5. The Morgan fingerprint density at radius 1 is 1.29 bits per heavy atom. The Morgan fingerprint density at radius 2 is 1.95 bits per heavy atom. The van der Waals surface area contributed by atoms with Gasteiger partial charge in [-0.1, -0.05) is 38.7 Å². The van der Waals surface area contributed by atoms with E-state index in [9.17, 15) is 8.42 Å². The maximum absolute atomic E-state index is 12.2. The van der Waals surface area contributed by atoms with E-state index >= 15 is 0 Å². The van der Waals surface area contributed by atoms with Gasteiger partial charge in [0, 0.05) is 12.0 Å². The maximum atomic E-state index is 12.2. The van der Waals surface area contributed by atoms with Gasteiger partial charge in [0.2, 0.25) is 10.0 Å². The van der Waals surface area contributed by atoms with Crippen molar-refractivity contribution in [2.75, 3.05) is 17.1 Å². The van der Waals surface area contributed by atoms with Crippen molar-refractivity contribution in [1.29, 1.82) is 0 Å². The zero-order valence-corrected chi connectivity index (χ0v) is 13.8. The van der Waals surface area contributed by atoms with Gasteiger partial charge in [-0.15, -0.1) is 0 Å². The number of aryl methyl sites for hydroxylation is 1. The van der Waals surface area contributed by atoms with E-state index in [2.05, 4.69) is 16.6 Å². The lowest BCUT2D eigenvalue weighted by Gasteiger charge is -2.19. The SMILES string of the molecule is Cc1ccc(C#CCCO)c(NS(=O)(=O)CC(C)(C)C)c1. The highest BCUT2D eigenvalue weighted by Crippen LogP contribution is 2.22. The number of benzene rings is 1. The largest absolute Gasteiger partial charge is 0.395 e. The highest BCUT2D eigenvalue weighted by Gasteiger charge is 2.22. The number of anilines is 1. The summed E-state index contributed by atoms with van der Waals surface area (Å²) < 4.78 is 27.0. The van der Waals surface area contributed by atoms with Crippen LogP contribution in [0.3, 0.4) is 0 Å². The lowest BCUT2D eigenvalue weighted by molar-refractivity contribution is 0.305. The molecular formula is C16H23NO3S. The van der Waals surface area contributed by atoms with Crippen LogP contribution in [0, 0.1) is 24.2 Å². The number of hydrogen-bond acceptors (Lipinski definition) is 3. The van der Waals surface area contributed by atoms with E-state index in [1.165, 1.54) is 0 Å². The molecule has 0 unspecified atom stereocenters. The lowest BCUT2D eigenvalue weighted by atomic mass is 10.0. The molecule has 116 valence electrons. The second-order valence-electron chi connectivity index (χ2n) is 6.25. The molecule has 0 bridgehead atoms. The Morgan fingerprint density at radius 3 is 2.52 bits per heavy atom. The van der Waals surface area contributed by atoms with Gasteiger partial charge >= 0.3 is 0 Å². The minimum Gasteiger partial charge on any atom is -0.395 e. The molecule has 4 nitrogen and oxygen atoms in total. The molecule has 1 aromatic carbocycles. The first-order valence-corrected chi connectivity index (χ1v) is 8.49. The van der Waals surface area contributed by atoms with Crippen LogP contribution in [0.4, 0.5) is 5.69 Å². The topological polar surface area (TPSA) is 66.4 Å². The Kier molecular flexibility index (Phi) is 5.82. The molecule has 0 atom stereocenters. The van der Waals surface area contributed by atoms with Crippen LogP contribution in [0.25, 0.3) is 0 Å². The van der Waals surface area contributed by atoms with Gasteiger partial charge < -0.3 is 5.11 Å². The van der Waals surface area contributed by atoms with Crippen molar-refractivity contribution >= 4 is 15.7 Å². The van der Waals surface area contributed by atoms with Crippen LogP contribution in [0.1, 0.15) is 38.3 Å². The summed E-state index contributed by atoms with van der Waals surface area (Å²) in [5.41, 5.74) is 1.74. The average Bonchev–Trinajstić information content (AvgIpc) is 2.28. The fourth-order valence-corrected chi connectivity index (χ4v) is 3.56. The van der Waals surface area contributed by atoms with Gasteiger partial charge in [0.25, 0.3) is 0 Å². The van der Waals surface area contributed by atoms with Crippen molar-refractivity contribution in [3.05, 3.63) is 29.3 Å². The van der Waals surface area contributed by atoms with Crippen LogP contribution in [0.15, 0.2) is 18.2 Å². The number of hydrogen-bond donors (Lipinski definition) is 2. The van der Waals surface area contributed by atoms with Crippen molar-refractivity contribution in [3.63, 3.8) is 0 Å². The van der Waals surface area contributed by atoms with E-state index in [0.29, 0.717) is 17.7 Å². The van der Waals surface area contributed by atoms with Crippen molar-refractivity contribution in [2.45, 2.75) is 34.1 Å². The molecule has 1 aromatic rings. The van der Waals surface area contributed by atoms with Crippen LogP contribution < -0.4 is 4.72 Å². The Labute approximate surface area is 127 Å². The van der Waals surface area contributed by atoms with Crippen LogP contribution >= 0.6 is 0 Å².